The van der Waals surface area contributed by atoms with Crippen LogP contribution in [-0.2, 0) is 16.8 Å². The van der Waals surface area contributed by atoms with Crippen molar-refractivity contribution in [1.29, 1.82) is 0 Å². The molecule has 0 spiro atoms. The van der Waals surface area contributed by atoms with Crippen molar-refractivity contribution in [2.45, 2.75) is 77.9 Å². The van der Waals surface area contributed by atoms with Crippen LogP contribution in [0.5, 0.6) is 11.5 Å². The largest absolute Gasteiger partial charge is 0.496 e. The van der Waals surface area contributed by atoms with Crippen molar-refractivity contribution in [2.24, 2.45) is 0 Å². The normalized spacial score (nSPS) is 18.2. The second kappa shape index (κ2) is 10.4. The van der Waals surface area contributed by atoms with Crippen molar-refractivity contribution >= 4 is 29.3 Å². The molecule has 1 aliphatic heterocycles. The quantitative estimate of drug-likeness (QED) is 0.380. The lowest BCUT2D eigenvalue weighted by molar-refractivity contribution is -0.124. The van der Waals surface area contributed by atoms with Crippen LogP contribution in [0.4, 0.5) is 0 Å². The Kier molecular flexibility index (Phi) is 7.50. The first-order valence-corrected chi connectivity index (χ1v) is 12.9. The zero-order chi connectivity index (χ0) is 25.2. The Balaban J connectivity index is 1.56. The molecule has 1 saturated heterocycles. The Morgan fingerprint density at radius 3 is 2.51 bits per heavy atom. The summed E-state index contributed by atoms with van der Waals surface area (Å²) in [6, 6.07) is 12.4. The van der Waals surface area contributed by atoms with Gasteiger partial charge in [-0.3, -0.25) is 9.69 Å². The molecule has 35 heavy (non-hydrogen) atoms. The maximum absolute atomic E-state index is 13.2. The molecular weight excluding hydrogens is 456 g/mol. The third-order valence-corrected chi connectivity index (χ3v) is 7.09. The lowest BCUT2D eigenvalue weighted by Gasteiger charge is -2.29. The van der Waals surface area contributed by atoms with Gasteiger partial charge >= 0.3 is 0 Å². The van der Waals surface area contributed by atoms with Gasteiger partial charge in [-0.1, -0.05) is 58.2 Å². The number of carbonyl (C=O) groups excluding carboxylic acids is 1. The molecule has 0 unspecified atom stereocenters. The molecule has 1 aliphatic carbocycles. The number of aryl methyl sites for hydroxylation is 1. The summed E-state index contributed by atoms with van der Waals surface area (Å²) >= 11 is 5.52. The summed E-state index contributed by atoms with van der Waals surface area (Å²) in [6.45, 7) is 8.99. The lowest BCUT2D eigenvalue weighted by Crippen LogP contribution is -2.41. The van der Waals surface area contributed by atoms with Gasteiger partial charge in [0.1, 0.15) is 23.8 Å². The molecule has 0 radical (unpaired) electrons. The number of hydrogen-bond donors (Lipinski definition) is 1. The van der Waals surface area contributed by atoms with Crippen LogP contribution >= 0.6 is 12.2 Å². The van der Waals surface area contributed by atoms with Crippen LogP contribution in [0.25, 0.3) is 6.08 Å². The molecule has 6 heteroatoms. The standard InChI is InChI=1S/C29H36N2O3S/c1-19-11-13-23(29(2,3)4)26(15-19)34-18-21-16-20(12-14-25(21)33-5)17-24-27(32)31(28(35)30-24)22-9-7-6-8-10-22/h11-17,22H,6-10,18H2,1-5H3,(H,30,35)/b24-17+. The zero-order valence-corrected chi connectivity index (χ0v) is 22.3. The van der Waals surface area contributed by atoms with Gasteiger partial charge < -0.3 is 14.8 Å². The minimum absolute atomic E-state index is 0.0312. The maximum Gasteiger partial charge on any atom is 0.276 e. The third-order valence-electron chi connectivity index (χ3n) is 6.79. The topological polar surface area (TPSA) is 50.8 Å². The first-order valence-electron chi connectivity index (χ1n) is 12.4. The van der Waals surface area contributed by atoms with Crippen LogP contribution in [0.1, 0.15) is 75.1 Å². The van der Waals surface area contributed by atoms with Crippen molar-refractivity contribution in [3.8, 4) is 11.5 Å². The molecule has 5 nitrogen and oxygen atoms in total. The molecule has 2 aromatic carbocycles. The van der Waals surface area contributed by atoms with E-state index in [1.54, 1.807) is 12.0 Å². The van der Waals surface area contributed by atoms with E-state index in [0.717, 1.165) is 59.4 Å². The van der Waals surface area contributed by atoms with Gasteiger partial charge in [-0.15, -0.1) is 0 Å². The van der Waals surface area contributed by atoms with Gasteiger partial charge in [-0.2, -0.15) is 0 Å². The summed E-state index contributed by atoms with van der Waals surface area (Å²) in [7, 11) is 1.66. The van der Waals surface area contributed by atoms with Crippen molar-refractivity contribution in [1.82, 2.24) is 10.2 Å². The highest BCUT2D eigenvalue weighted by molar-refractivity contribution is 7.80. The Bertz CT molecular complexity index is 1140. The second-order valence-electron chi connectivity index (χ2n) is 10.6. The van der Waals surface area contributed by atoms with Crippen LogP contribution in [0.15, 0.2) is 42.1 Å². The molecule has 4 rings (SSSR count). The fourth-order valence-electron chi connectivity index (χ4n) is 4.91. The predicted molar refractivity (Wildman–Crippen MR) is 145 cm³/mol. The van der Waals surface area contributed by atoms with E-state index in [9.17, 15) is 4.79 Å². The highest BCUT2D eigenvalue weighted by atomic mass is 32.1. The van der Waals surface area contributed by atoms with E-state index in [1.165, 1.54) is 6.42 Å². The first kappa shape index (κ1) is 25.2. The van der Waals surface area contributed by atoms with E-state index >= 15 is 0 Å². The van der Waals surface area contributed by atoms with Crippen LogP contribution in [-0.4, -0.2) is 29.1 Å². The summed E-state index contributed by atoms with van der Waals surface area (Å²) in [6.07, 6.45) is 7.43. The van der Waals surface area contributed by atoms with Gasteiger partial charge in [0.25, 0.3) is 5.91 Å². The van der Waals surface area contributed by atoms with E-state index in [4.69, 9.17) is 21.7 Å². The van der Waals surface area contributed by atoms with E-state index in [0.29, 0.717) is 17.4 Å². The number of hydrogen-bond acceptors (Lipinski definition) is 4. The van der Waals surface area contributed by atoms with Gasteiger partial charge in [-0.05, 0) is 78.4 Å². The van der Waals surface area contributed by atoms with Crippen LogP contribution < -0.4 is 14.8 Å². The average Bonchev–Trinajstić information content (AvgIpc) is 3.10. The van der Waals surface area contributed by atoms with Gasteiger partial charge in [-0.25, -0.2) is 0 Å². The Morgan fingerprint density at radius 2 is 1.83 bits per heavy atom. The van der Waals surface area contributed by atoms with Crippen molar-refractivity contribution in [3.05, 3.63) is 64.3 Å². The number of nitrogens with one attached hydrogen (secondary N) is 1. The lowest BCUT2D eigenvalue weighted by atomic mass is 9.86. The summed E-state index contributed by atoms with van der Waals surface area (Å²) in [4.78, 5) is 14.9. The molecule has 1 heterocycles. The fourth-order valence-corrected chi connectivity index (χ4v) is 5.25. The third kappa shape index (κ3) is 5.69. The van der Waals surface area contributed by atoms with Crippen LogP contribution in [0, 0.1) is 6.92 Å². The van der Waals surface area contributed by atoms with Gasteiger partial charge in [0.05, 0.1) is 7.11 Å². The molecule has 1 N–H and O–H groups in total. The van der Waals surface area contributed by atoms with Gasteiger partial charge in [0.15, 0.2) is 5.11 Å². The molecule has 186 valence electrons. The zero-order valence-electron chi connectivity index (χ0n) is 21.4. The summed E-state index contributed by atoms with van der Waals surface area (Å²) in [5.41, 5.74) is 4.62. The minimum Gasteiger partial charge on any atom is -0.496 e. The second-order valence-corrected chi connectivity index (χ2v) is 11.0. The van der Waals surface area contributed by atoms with Gasteiger partial charge in [0, 0.05) is 11.6 Å². The average molecular weight is 493 g/mol. The highest BCUT2D eigenvalue weighted by Crippen LogP contribution is 2.34. The Morgan fingerprint density at radius 1 is 1.09 bits per heavy atom. The summed E-state index contributed by atoms with van der Waals surface area (Å²) in [5.74, 6) is 1.59. The molecule has 2 aliphatic rings. The van der Waals surface area contributed by atoms with E-state index < -0.39 is 0 Å². The number of methoxy groups -OCH3 is 1. The number of carbonyl (C=O) groups is 1. The number of benzene rings is 2. The number of rotatable bonds is 6. The van der Waals surface area contributed by atoms with E-state index in [1.807, 2.05) is 24.3 Å². The summed E-state index contributed by atoms with van der Waals surface area (Å²) in [5, 5.41) is 3.66. The Labute approximate surface area is 214 Å². The van der Waals surface area contributed by atoms with Crippen molar-refractivity contribution < 1.29 is 14.3 Å². The van der Waals surface area contributed by atoms with Crippen molar-refractivity contribution in [3.63, 3.8) is 0 Å². The van der Waals surface area contributed by atoms with Crippen LogP contribution in [0.3, 0.4) is 0 Å². The van der Waals surface area contributed by atoms with E-state index in [-0.39, 0.29) is 17.4 Å². The highest BCUT2D eigenvalue weighted by Gasteiger charge is 2.36. The predicted octanol–water partition coefficient (Wildman–Crippen LogP) is 6.27. The number of nitrogens with zero attached hydrogens (tertiary/aromatic N) is 1. The molecule has 0 atom stereocenters. The summed E-state index contributed by atoms with van der Waals surface area (Å²) < 4.78 is 11.9. The van der Waals surface area contributed by atoms with Crippen LogP contribution in [0.2, 0.25) is 0 Å². The SMILES string of the molecule is COc1ccc(/C=C2/NC(=S)N(C3CCCCC3)C2=O)cc1COc1cc(C)ccc1C(C)(C)C. The molecule has 0 bridgehead atoms. The molecule has 2 aromatic rings. The van der Waals surface area contributed by atoms with Crippen molar-refractivity contribution in [2.75, 3.05) is 7.11 Å². The molecule has 2 fully saturated rings. The molecule has 1 saturated carbocycles. The molecular formula is C29H36N2O3S. The minimum atomic E-state index is -0.0369. The monoisotopic (exact) mass is 492 g/mol. The molecule has 1 amide bonds. The molecule has 0 aromatic heterocycles. The fraction of sp³-hybridized carbons (Fsp3) is 0.448. The smallest absolute Gasteiger partial charge is 0.276 e. The first-order chi connectivity index (χ1) is 16.7. The van der Waals surface area contributed by atoms with E-state index in [2.05, 4.69) is 51.2 Å². The maximum atomic E-state index is 13.2. The Hall–Kier alpha value is -2.86. The van der Waals surface area contributed by atoms with Gasteiger partial charge in [0.2, 0.25) is 0 Å². The number of thiocarbonyl (C=S) groups is 1. The number of amides is 1. The number of ether oxygens (including phenoxy) is 2.